The third kappa shape index (κ3) is 3.69. The van der Waals surface area contributed by atoms with Crippen molar-refractivity contribution in [1.29, 1.82) is 0 Å². The minimum absolute atomic E-state index is 0.0138. The Balaban J connectivity index is 1.52. The summed E-state index contributed by atoms with van der Waals surface area (Å²) < 4.78 is 5.13. The van der Waals surface area contributed by atoms with Crippen molar-refractivity contribution in [1.82, 2.24) is 5.32 Å². The van der Waals surface area contributed by atoms with Crippen molar-refractivity contribution in [3.8, 4) is 0 Å². The number of benzene rings is 2. The Bertz CT molecular complexity index is 1010. The molecule has 2 aromatic carbocycles. The molecule has 0 saturated heterocycles. The summed E-state index contributed by atoms with van der Waals surface area (Å²) in [5.41, 5.74) is 4.48. The fraction of sp³-hybridized carbons (Fsp3) is 0.217. The third-order valence-electron chi connectivity index (χ3n) is 5.17. The van der Waals surface area contributed by atoms with Crippen LogP contribution in [0, 0.1) is 6.92 Å². The maximum absolute atomic E-state index is 12.9. The molecule has 0 aliphatic heterocycles. The van der Waals surface area contributed by atoms with Gasteiger partial charge in [0.05, 0.1) is 12.3 Å². The number of fused-ring (bicyclic) bond motifs is 1. The molecular formula is C23H22N2O3. The molecule has 5 heteroatoms. The maximum atomic E-state index is 12.9. The molecule has 0 unspecified atom stereocenters. The number of furan rings is 1. The van der Waals surface area contributed by atoms with Gasteiger partial charge in [0.1, 0.15) is 0 Å². The molecule has 1 aromatic heterocycles. The summed E-state index contributed by atoms with van der Waals surface area (Å²) in [5.74, 6) is -0.255. The summed E-state index contributed by atoms with van der Waals surface area (Å²) in [4.78, 5) is 25.1. The van der Waals surface area contributed by atoms with Gasteiger partial charge in [0.25, 0.3) is 11.8 Å². The van der Waals surface area contributed by atoms with Crippen molar-refractivity contribution in [2.45, 2.75) is 32.2 Å². The Labute approximate surface area is 163 Å². The Kier molecular flexibility index (Phi) is 4.98. The first-order valence-electron chi connectivity index (χ1n) is 9.46. The topological polar surface area (TPSA) is 71.3 Å². The van der Waals surface area contributed by atoms with Crippen LogP contribution >= 0.6 is 0 Å². The fourth-order valence-electron chi connectivity index (χ4n) is 3.64. The van der Waals surface area contributed by atoms with E-state index in [9.17, 15) is 9.59 Å². The molecule has 1 aliphatic rings. The molecule has 0 spiro atoms. The number of aryl methyl sites for hydroxylation is 2. The molecule has 0 radical (unpaired) electrons. The minimum Gasteiger partial charge on any atom is -0.459 e. The van der Waals surface area contributed by atoms with E-state index in [0.717, 1.165) is 24.8 Å². The van der Waals surface area contributed by atoms with Gasteiger partial charge in [-0.25, -0.2) is 0 Å². The van der Waals surface area contributed by atoms with Crippen LogP contribution in [-0.2, 0) is 6.42 Å². The Morgan fingerprint density at radius 1 is 1.04 bits per heavy atom. The summed E-state index contributed by atoms with van der Waals surface area (Å²) in [5, 5.41) is 5.96. The highest BCUT2D eigenvalue weighted by molar-refractivity contribution is 6.04. The van der Waals surface area contributed by atoms with Gasteiger partial charge in [0, 0.05) is 11.3 Å². The number of hydrogen-bond acceptors (Lipinski definition) is 3. The van der Waals surface area contributed by atoms with Gasteiger partial charge in [0.2, 0.25) is 0 Å². The lowest BCUT2D eigenvalue weighted by Crippen LogP contribution is -2.31. The van der Waals surface area contributed by atoms with Gasteiger partial charge in [-0.15, -0.1) is 0 Å². The van der Waals surface area contributed by atoms with E-state index in [1.54, 1.807) is 24.3 Å². The van der Waals surface area contributed by atoms with Crippen molar-refractivity contribution in [2.24, 2.45) is 0 Å². The Hall–Kier alpha value is -3.34. The van der Waals surface area contributed by atoms with E-state index >= 15 is 0 Å². The van der Waals surface area contributed by atoms with E-state index in [-0.39, 0.29) is 23.6 Å². The number of nitrogens with one attached hydrogen (secondary N) is 2. The van der Waals surface area contributed by atoms with Crippen molar-refractivity contribution in [3.05, 3.63) is 88.9 Å². The first kappa shape index (κ1) is 18.0. The van der Waals surface area contributed by atoms with Gasteiger partial charge in [-0.1, -0.05) is 30.3 Å². The molecule has 142 valence electrons. The Morgan fingerprint density at radius 3 is 2.71 bits per heavy atom. The highest BCUT2D eigenvalue weighted by Gasteiger charge is 2.22. The van der Waals surface area contributed by atoms with Crippen LogP contribution in [0.15, 0.2) is 65.3 Å². The predicted molar refractivity (Wildman–Crippen MR) is 107 cm³/mol. The van der Waals surface area contributed by atoms with E-state index in [1.807, 2.05) is 25.1 Å². The molecule has 0 fully saturated rings. The SMILES string of the molecule is Cc1ccc(C(=O)N[C@@H]2CCCc3ccccc32)cc1NC(=O)c1ccco1. The first-order chi connectivity index (χ1) is 13.6. The average Bonchev–Trinajstić information content (AvgIpc) is 3.25. The summed E-state index contributed by atoms with van der Waals surface area (Å²) in [7, 11) is 0. The van der Waals surface area contributed by atoms with Gasteiger partial charge in [-0.2, -0.15) is 0 Å². The van der Waals surface area contributed by atoms with Crippen LogP contribution in [0.25, 0.3) is 0 Å². The van der Waals surface area contributed by atoms with E-state index in [1.165, 1.54) is 17.4 Å². The minimum atomic E-state index is -0.341. The molecule has 0 saturated carbocycles. The quantitative estimate of drug-likeness (QED) is 0.698. The highest BCUT2D eigenvalue weighted by atomic mass is 16.3. The zero-order chi connectivity index (χ0) is 19.5. The lowest BCUT2D eigenvalue weighted by molar-refractivity contribution is 0.0931. The van der Waals surface area contributed by atoms with Crippen molar-refractivity contribution >= 4 is 17.5 Å². The van der Waals surface area contributed by atoms with Gasteiger partial charge in [-0.05, 0) is 67.1 Å². The lowest BCUT2D eigenvalue weighted by atomic mass is 9.87. The number of rotatable bonds is 4. The number of hydrogen-bond donors (Lipinski definition) is 2. The monoisotopic (exact) mass is 374 g/mol. The van der Waals surface area contributed by atoms with Crippen LogP contribution in [-0.4, -0.2) is 11.8 Å². The average molecular weight is 374 g/mol. The maximum Gasteiger partial charge on any atom is 0.291 e. The zero-order valence-corrected chi connectivity index (χ0v) is 15.7. The van der Waals surface area contributed by atoms with Crippen LogP contribution in [0.3, 0.4) is 0 Å². The zero-order valence-electron chi connectivity index (χ0n) is 15.7. The molecule has 1 aliphatic carbocycles. The van der Waals surface area contributed by atoms with Crippen molar-refractivity contribution in [2.75, 3.05) is 5.32 Å². The van der Waals surface area contributed by atoms with E-state index in [0.29, 0.717) is 11.3 Å². The number of amides is 2. The van der Waals surface area contributed by atoms with Gasteiger partial charge in [-0.3, -0.25) is 9.59 Å². The number of anilines is 1. The smallest absolute Gasteiger partial charge is 0.291 e. The van der Waals surface area contributed by atoms with Crippen LogP contribution < -0.4 is 10.6 Å². The van der Waals surface area contributed by atoms with Crippen LogP contribution in [0.2, 0.25) is 0 Å². The summed E-state index contributed by atoms with van der Waals surface area (Å²) >= 11 is 0. The molecule has 5 nitrogen and oxygen atoms in total. The molecule has 2 amide bonds. The van der Waals surface area contributed by atoms with Crippen molar-refractivity contribution < 1.29 is 14.0 Å². The normalized spacial score (nSPS) is 15.5. The molecule has 4 rings (SSSR count). The van der Waals surface area contributed by atoms with Crippen LogP contribution in [0.5, 0.6) is 0 Å². The standard InChI is InChI=1S/C23H22N2O3/c1-15-11-12-17(14-20(15)25-23(27)21-10-5-13-28-21)22(26)24-19-9-4-7-16-6-2-3-8-18(16)19/h2-3,5-6,8,10-14,19H,4,7,9H2,1H3,(H,24,26)(H,25,27)/t19-/m1/s1. The number of carbonyl (C=O) groups excluding carboxylic acids is 2. The van der Waals surface area contributed by atoms with Crippen LogP contribution in [0.1, 0.15) is 56.5 Å². The molecule has 1 atom stereocenters. The van der Waals surface area contributed by atoms with Crippen molar-refractivity contribution in [3.63, 3.8) is 0 Å². The second kappa shape index (κ2) is 7.72. The highest BCUT2D eigenvalue weighted by Crippen LogP contribution is 2.30. The lowest BCUT2D eigenvalue weighted by Gasteiger charge is -2.26. The molecule has 28 heavy (non-hydrogen) atoms. The summed E-state index contributed by atoms with van der Waals surface area (Å²) in [6.07, 6.45) is 4.49. The Morgan fingerprint density at radius 2 is 1.89 bits per heavy atom. The van der Waals surface area contributed by atoms with E-state index in [4.69, 9.17) is 4.42 Å². The van der Waals surface area contributed by atoms with Gasteiger partial charge < -0.3 is 15.1 Å². The van der Waals surface area contributed by atoms with Crippen LogP contribution in [0.4, 0.5) is 5.69 Å². The van der Waals surface area contributed by atoms with Gasteiger partial charge >= 0.3 is 0 Å². The third-order valence-corrected chi connectivity index (χ3v) is 5.17. The molecule has 2 N–H and O–H groups in total. The van der Waals surface area contributed by atoms with E-state index < -0.39 is 0 Å². The fourth-order valence-corrected chi connectivity index (χ4v) is 3.64. The summed E-state index contributed by atoms with van der Waals surface area (Å²) in [6, 6.07) is 16.9. The first-order valence-corrected chi connectivity index (χ1v) is 9.46. The molecular weight excluding hydrogens is 352 g/mol. The molecule has 3 aromatic rings. The second-order valence-corrected chi connectivity index (χ2v) is 7.08. The van der Waals surface area contributed by atoms with Gasteiger partial charge in [0.15, 0.2) is 5.76 Å². The summed E-state index contributed by atoms with van der Waals surface area (Å²) in [6.45, 7) is 1.89. The van der Waals surface area contributed by atoms with E-state index in [2.05, 4.69) is 22.8 Å². The number of carbonyl (C=O) groups is 2. The predicted octanol–water partition coefficient (Wildman–Crippen LogP) is 4.65. The molecule has 0 bridgehead atoms. The second-order valence-electron chi connectivity index (χ2n) is 7.08. The molecule has 1 heterocycles. The largest absolute Gasteiger partial charge is 0.459 e.